The quantitative estimate of drug-likeness (QED) is 0.365. The maximum Gasteiger partial charge on any atom is 0.346 e. The van der Waals surface area contributed by atoms with Crippen LogP contribution >= 0.6 is 11.8 Å². The average molecular weight is 301 g/mol. The number of ether oxygens (including phenoxy) is 1. The van der Waals surface area contributed by atoms with Crippen LogP contribution in [0.1, 0.15) is 16.1 Å². The number of H-pyrrole nitrogens is 1. The predicted molar refractivity (Wildman–Crippen MR) is 71.7 cm³/mol. The predicted octanol–water partition coefficient (Wildman–Crippen LogP) is -0.936. The van der Waals surface area contributed by atoms with Crippen LogP contribution < -0.4 is 11.0 Å². The molecule has 110 valence electrons. The molecule has 0 aliphatic carbocycles. The largest absolute Gasteiger partial charge is 0.467 e. The van der Waals surface area contributed by atoms with Gasteiger partial charge in [-0.05, 0) is 13.2 Å². The molecule has 1 amide bonds. The summed E-state index contributed by atoms with van der Waals surface area (Å²) in [6.45, 7) is 1.27. The molecule has 0 radical (unpaired) electrons. The third-order valence-corrected chi connectivity index (χ3v) is 3.12. The highest BCUT2D eigenvalue weighted by Gasteiger charge is 2.20. The molecule has 9 heteroatoms. The second kappa shape index (κ2) is 7.06. The number of nitrogens with zero attached hydrogens (tertiary/aromatic N) is 1. The fourth-order valence-electron chi connectivity index (χ4n) is 1.47. The van der Waals surface area contributed by atoms with E-state index in [1.807, 2.05) is 0 Å². The second-order valence-corrected chi connectivity index (χ2v) is 4.60. The molecule has 3 N–H and O–H groups in total. The molecule has 0 aliphatic heterocycles. The molecule has 0 aliphatic rings. The number of amides is 1. The molecule has 1 atom stereocenters. The summed E-state index contributed by atoms with van der Waals surface area (Å²) in [4.78, 5) is 40.4. The van der Waals surface area contributed by atoms with Crippen molar-refractivity contribution in [3.8, 4) is 0 Å². The van der Waals surface area contributed by atoms with Crippen LogP contribution in [0.3, 0.4) is 0 Å². The SMILES string of the molecule is COC(=O)C(O)CNC(=O)c1c(SC)nc(=O)[nH]c1C. The van der Waals surface area contributed by atoms with E-state index >= 15 is 0 Å². The minimum Gasteiger partial charge on any atom is -0.467 e. The molecule has 1 heterocycles. The van der Waals surface area contributed by atoms with Gasteiger partial charge in [0.05, 0.1) is 19.2 Å². The van der Waals surface area contributed by atoms with Gasteiger partial charge in [0.15, 0.2) is 6.10 Å². The van der Waals surface area contributed by atoms with E-state index in [2.05, 4.69) is 20.0 Å². The number of carbonyl (C=O) groups is 2. The Hall–Kier alpha value is -1.87. The van der Waals surface area contributed by atoms with Crippen molar-refractivity contribution in [2.45, 2.75) is 18.1 Å². The molecule has 0 aromatic carbocycles. The van der Waals surface area contributed by atoms with Gasteiger partial charge in [0.2, 0.25) is 0 Å². The first kappa shape index (κ1) is 16.2. The molecule has 1 unspecified atom stereocenters. The highest BCUT2D eigenvalue weighted by molar-refractivity contribution is 7.98. The van der Waals surface area contributed by atoms with Crippen LogP contribution in [0.25, 0.3) is 0 Å². The molecule has 0 saturated heterocycles. The summed E-state index contributed by atoms with van der Waals surface area (Å²) in [5.74, 6) is -1.38. The van der Waals surface area contributed by atoms with E-state index in [1.165, 1.54) is 0 Å². The van der Waals surface area contributed by atoms with Crippen LogP contribution in [0.4, 0.5) is 0 Å². The maximum absolute atomic E-state index is 12.0. The molecular weight excluding hydrogens is 286 g/mol. The Balaban J connectivity index is 2.88. The summed E-state index contributed by atoms with van der Waals surface area (Å²) in [5.41, 5.74) is 0.0200. The number of aliphatic hydroxyl groups excluding tert-OH is 1. The van der Waals surface area contributed by atoms with Crippen molar-refractivity contribution in [1.29, 1.82) is 0 Å². The monoisotopic (exact) mass is 301 g/mol. The van der Waals surface area contributed by atoms with E-state index in [4.69, 9.17) is 0 Å². The molecule has 1 aromatic rings. The molecule has 20 heavy (non-hydrogen) atoms. The number of thioether (sulfide) groups is 1. The number of aromatic amines is 1. The number of aromatic nitrogens is 2. The van der Waals surface area contributed by atoms with Crippen molar-refractivity contribution in [2.75, 3.05) is 19.9 Å². The Morgan fingerprint density at radius 1 is 1.55 bits per heavy atom. The Morgan fingerprint density at radius 3 is 2.75 bits per heavy atom. The molecule has 0 fully saturated rings. The van der Waals surface area contributed by atoms with Gasteiger partial charge in [0.25, 0.3) is 5.91 Å². The minimum atomic E-state index is -1.45. The smallest absolute Gasteiger partial charge is 0.346 e. The Morgan fingerprint density at radius 2 is 2.20 bits per heavy atom. The van der Waals surface area contributed by atoms with Crippen LogP contribution in [0.15, 0.2) is 9.82 Å². The molecule has 0 spiro atoms. The van der Waals surface area contributed by atoms with E-state index in [0.717, 1.165) is 18.9 Å². The third kappa shape index (κ3) is 3.81. The zero-order valence-electron chi connectivity index (χ0n) is 11.2. The van der Waals surface area contributed by atoms with Crippen LogP contribution in [-0.4, -0.2) is 53.0 Å². The molecule has 8 nitrogen and oxygen atoms in total. The van der Waals surface area contributed by atoms with Gasteiger partial charge >= 0.3 is 11.7 Å². The summed E-state index contributed by atoms with van der Waals surface area (Å²) in [6, 6.07) is 0. The Labute approximate surface area is 118 Å². The van der Waals surface area contributed by atoms with Crippen LogP contribution in [0.5, 0.6) is 0 Å². The van der Waals surface area contributed by atoms with Crippen molar-refractivity contribution >= 4 is 23.6 Å². The van der Waals surface area contributed by atoms with Gasteiger partial charge in [0, 0.05) is 5.69 Å². The molecule has 1 rings (SSSR count). The number of hydrogen-bond acceptors (Lipinski definition) is 7. The van der Waals surface area contributed by atoms with Gasteiger partial charge in [-0.25, -0.2) is 9.59 Å². The van der Waals surface area contributed by atoms with Gasteiger partial charge < -0.3 is 20.1 Å². The summed E-state index contributed by atoms with van der Waals surface area (Å²) in [5, 5.41) is 12.0. The zero-order chi connectivity index (χ0) is 15.3. The first-order chi connectivity index (χ1) is 9.40. The first-order valence-corrected chi connectivity index (χ1v) is 6.82. The summed E-state index contributed by atoms with van der Waals surface area (Å²) in [7, 11) is 1.13. The van der Waals surface area contributed by atoms with Gasteiger partial charge in [-0.2, -0.15) is 4.98 Å². The lowest BCUT2D eigenvalue weighted by Crippen LogP contribution is -2.38. The first-order valence-electron chi connectivity index (χ1n) is 5.59. The van der Waals surface area contributed by atoms with Crippen molar-refractivity contribution in [2.24, 2.45) is 0 Å². The maximum atomic E-state index is 12.0. The number of esters is 1. The van der Waals surface area contributed by atoms with Gasteiger partial charge in [-0.15, -0.1) is 11.8 Å². The number of carbonyl (C=O) groups excluding carboxylic acids is 2. The number of nitrogens with one attached hydrogen (secondary N) is 2. The van der Waals surface area contributed by atoms with E-state index in [9.17, 15) is 19.5 Å². The van der Waals surface area contributed by atoms with Crippen LogP contribution in [-0.2, 0) is 9.53 Å². The van der Waals surface area contributed by atoms with Gasteiger partial charge in [-0.3, -0.25) is 4.79 Å². The normalized spacial score (nSPS) is 11.8. The van der Waals surface area contributed by atoms with Crippen LogP contribution in [0.2, 0.25) is 0 Å². The lowest BCUT2D eigenvalue weighted by Gasteiger charge is -2.12. The fourth-order valence-corrected chi connectivity index (χ4v) is 2.10. The number of aliphatic hydroxyl groups is 1. The van der Waals surface area contributed by atoms with E-state index in [1.54, 1.807) is 13.2 Å². The molecule has 0 bridgehead atoms. The molecule has 0 saturated carbocycles. The number of methoxy groups -OCH3 is 1. The third-order valence-electron chi connectivity index (χ3n) is 2.44. The summed E-state index contributed by atoms with van der Waals surface area (Å²) < 4.78 is 4.33. The van der Waals surface area contributed by atoms with E-state index in [-0.39, 0.29) is 17.1 Å². The fraction of sp³-hybridized carbons (Fsp3) is 0.455. The lowest BCUT2D eigenvalue weighted by atomic mass is 10.2. The highest BCUT2D eigenvalue weighted by atomic mass is 32.2. The van der Waals surface area contributed by atoms with Gasteiger partial charge in [-0.1, -0.05) is 0 Å². The Bertz CT molecular complexity index is 572. The van der Waals surface area contributed by atoms with Crippen molar-refractivity contribution < 1.29 is 19.4 Å². The number of aryl methyl sites for hydroxylation is 1. The summed E-state index contributed by atoms with van der Waals surface area (Å²) in [6.07, 6.45) is 0.235. The number of hydrogen-bond donors (Lipinski definition) is 3. The lowest BCUT2D eigenvalue weighted by molar-refractivity contribution is -0.149. The Kier molecular flexibility index (Phi) is 5.71. The highest BCUT2D eigenvalue weighted by Crippen LogP contribution is 2.17. The second-order valence-electron chi connectivity index (χ2n) is 3.80. The average Bonchev–Trinajstić information content (AvgIpc) is 2.42. The van der Waals surface area contributed by atoms with Crippen LogP contribution in [0, 0.1) is 6.92 Å². The van der Waals surface area contributed by atoms with Gasteiger partial charge in [0.1, 0.15) is 5.03 Å². The topological polar surface area (TPSA) is 121 Å². The standard InChI is InChI=1S/C11H15N3O5S/c1-5-7(9(20-3)14-11(18)13-5)8(16)12-4-6(15)10(17)19-2/h6,15H,4H2,1-3H3,(H,12,16)(H,13,14,18). The molecular formula is C11H15N3O5S. The van der Waals surface area contributed by atoms with E-state index < -0.39 is 23.7 Å². The summed E-state index contributed by atoms with van der Waals surface area (Å²) >= 11 is 1.15. The zero-order valence-corrected chi connectivity index (χ0v) is 12.0. The van der Waals surface area contributed by atoms with Crippen molar-refractivity contribution in [1.82, 2.24) is 15.3 Å². The van der Waals surface area contributed by atoms with Crippen molar-refractivity contribution in [3.63, 3.8) is 0 Å². The molecule has 1 aromatic heterocycles. The van der Waals surface area contributed by atoms with Crippen molar-refractivity contribution in [3.05, 3.63) is 21.7 Å². The minimum absolute atomic E-state index is 0.203. The number of rotatable bonds is 5. The van der Waals surface area contributed by atoms with E-state index in [0.29, 0.717) is 5.69 Å².